The van der Waals surface area contributed by atoms with Gasteiger partial charge in [-0.15, -0.1) is 5.10 Å². The van der Waals surface area contributed by atoms with Crippen LogP contribution in [-0.4, -0.2) is 34.7 Å². The minimum atomic E-state index is -0.485. The summed E-state index contributed by atoms with van der Waals surface area (Å²) in [5, 5.41) is 14.3. The summed E-state index contributed by atoms with van der Waals surface area (Å²) in [6.45, 7) is 1.96. The largest absolute Gasteiger partial charge is 0.491 e. The number of hydrogen-bond donors (Lipinski definition) is 1. The molecule has 2 rings (SSSR count). The number of ether oxygens (including phenoxy) is 2. The minimum Gasteiger partial charge on any atom is -0.491 e. The second-order valence-electron chi connectivity index (χ2n) is 3.97. The summed E-state index contributed by atoms with van der Waals surface area (Å²) in [5.74, 6) is 1.27. The van der Waals surface area contributed by atoms with Crippen molar-refractivity contribution < 1.29 is 14.6 Å². The van der Waals surface area contributed by atoms with Crippen LogP contribution in [-0.2, 0) is 7.05 Å². The van der Waals surface area contributed by atoms with E-state index in [1.165, 1.54) is 0 Å². The Kier molecular flexibility index (Phi) is 3.19. The first kappa shape index (κ1) is 11.7. The number of nitrogens with zero attached hydrogens (tertiary/aromatic N) is 2. The van der Waals surface area contributed by atoms with Crippen molar-refractivity contribution in [3.8, 4) is 11.6 Å². The molecule has 0 fully saturated rings. The van der Waals surface area contributed by atoms with Gasteiger partial charge in [0.2, 0.25) is 5.88 Å². The average molecular weight is 236 g/mol. The molecule has 0 aliphatic heterocycles. The molecule has 0 amide bonds. The van der Waals surface area contributed by atoms with E-state index in [0.717, 1.165) is 10.9 Å². The van der Waals surface area contributed by atoms with Crippen molar-refractivity contribution in [2.75, 3.05) is 13.7 Å². The molecule has 1 aromatic carbocycles. The van der Waals surface area contributed by atoms with Gasteiger partial charge in [0, 0.05) is 7.05 Å². The SMILES string of the molecule is COc1nn(C)c2ccc(OC[C@@H](C)O)cc12. The second kappa shape index (κ2) is 4.63. The predicted octanol–water partition coefficient (Wildman–Crippen LogP) is 1.34. The molecule has 1 atom stereocenters. The first-order valence-electron chi connectivity index (χ1n) is 5.43. The number of hydrogen-bond acceptors (Lipinski definition) is 4. The van der Waals surface area contributed by atoms with Crippen LogP contribution in [0, 0.1) is 0 Å². The summed E-state index contributed by atoms with van der Waals surface area (Å²) in [7, 11) is 3.45. The van der Waals surface area contributed by atoms with Gasteiger partial charge in [-0.05, 0) is 25.1 Å². The van der Waals surface area contributed by atoms with Crippen LogP contribution in [0.2, 0.25) is 0 Å². The van der Waals surface area contributed by atoms with E-state index in [2.05, 4.69) is 5.10 Å². The highest BCUT2D eigenvalue weighted by molar-refractivity contribution is 5.85. The van der Waals surface area contributed by atoms with E-state index in [1.54, 1.807) is 18.7 Å². The van der Waals surface area contributed by atoms with E-state index in [4.69, 9.17) is 14.6 Å². The Bertz CT molecular complexity index is 520. The van der Waals surface area contributed by atoms with Crippen LogP contribution in [0.15, 0.2) is 18.2 Å². The van der Waals surface area contributed by atoms with Gasteiger partial charge in [-0.1, -0.05) is 0 Å². The fraction of sp³-hybridized carbons (Fsp3) is 0.417. The Labute approximate surface area is 99.6 Å². The minimum absolute atomic E-state index is 0.272. The third-order valence-electron chi connectivity index (χ3n) is 2.47. The maximum Gasteiger partial charge on any atom is 0.240 e. The van der Waals surface area contributed by atoms with Crippen molar-refractivity contribution >= 4 is 10.9 Å². The van der Waals surface area contributed by atoms with Crippen LogP contribution in [0.1, 0.15) is 6.92 Å². The topological polar surface area (TPSA) is 56.5 Å². The lowest BCUT2D eigenvalue weighted by Crippen LogP contribution is -2.12. The van der Waals surface area contributed by atoms with E-state index >= 15 is 0 Å². The maximum atomic E-state index is 9.17. The van der Waals surface area contributed by atoms with Crippen molar-refractivity contribution in [3.63, 3.8) is 0 Å². The molecular formula is C12H16N2O3. The van der Waals surface area contributed by atoms with Crippen molar-refractivity contribution in [1.82, 2.24) is 9.78 Å². The Balaban J connectivity index is 2.35. The maximum absolute atomic E-state index is 9.17. The first-order chi connectivity index (χ1) is 8.11. The number of aliphatic hydroxyl groups excluding tert-OH is 1. The monoisotopic (exact) mass is 236 g/mol. The first-order valence-corrected chi connectivity index (χ1v) is 5.43. The Morgan fingerprint density at radius 1 is 1.47 bits per heavy atom. The zero-order valence-electron chi connectivity index (χ0n) is 10.2. The predicted molar refractivity (Wildman–Crippen MR) is 64.4 cm³/mol. The van der Waals surface area contributed by atoms with E-state index in [0.29, 0.717) is 11.6 Å². The molecular weight excluding hydrogens is 220 g/mol. The number of benzene rings is 1. The molecule has 0 saturated carbocycles. The van der Waals surface area contributed by atoms with Gasteiger partial charge >= 0.3 is 0 Å². The highest BCUT2D eigenvalue weighted by Crippen LogP contribution is 2.28. The number of aromatic nitrogens is 2. The summed E-state index contributed by atoms with van der Waals surface area (Å²) in [6, 6.07) is 5.64. The van der Waals surface area contributed by atoms with Crippen LogP contribution in [0.4, 0.5) is 0 Å². The molecule has 0 aliphatic rings. The van der Waals surface area contributed by atoms with Gasteiger partial charge in [-0.2, -0.15) is 0 Å². The van der Waals surface area contributed by atoms with Crippen molar-refractivity contribution in [1.29, 1.82) is 0 Å². The summed E-state index contributed by atoms with van der Waals surface area (Å²) >= 11 is 0. The van der Waals surface area contributed by atoms with Crippen LogP contribution in [0.25, 0.3) is 10.9 Å². The lowest BCUT2D eigenvalue weighted by Gasteiger charge is -2.08. The highest BCUT2D eigenvalue weighted by Gasteiger charge is 2.10. The molecule has 0 aliphatic carbocycles. The van der Waals surface area contributed by atoms with E-state index in [1.807, 2.05) is 25.2 Å². The molecule has 17 heavy (non-hydrogen) atoms. The van der Waals surface area contributed by atoms with E-state index < -0.39 is 6.10 Å². The van der Waals surface area contributed by atoms with Crippen molar-refractivity contribution in [3.05, 3.63) is 18.2 Å². The summed E-state index contributed by atoms with van der Waals surface area (Å²) in [6.07, 6.45) is -0.485. The number of rotatable bonds is 4. The van der Waals surface area contributed by atoms with Crippen LogP contribution >= 0.6 is 0 Å². The van der Waals surface area contributed by atoms with Gasteiger partial charge < -0.3 is 14.6 Å². The fourth-order valence-electron chi connectivity index (χ4n) is 1.67. The quantitative estimate of drug-likeness (QED) is 0.870. The lowest BCUT2D eigenvalue weighted by atomic mass is 10.2. The number of fused-ring (bicyclic) bond motifs is 1. The molecule has 0 radical (unpaired) electrons. The Hall–Kier alpha value is -1.75. The summed E-state index contributed by atoms with van der Waals surface area (Å²) in [4.78, 5) is 0. The molecule has 1 aromatic heterocycles. The van der Waals surface area contributed by atoms with Crippen LogP contribution in [0.5, 0.6) is 11.6 Å². The van der Waals surface area contributed by atoms with Gasteiger partial charge in [-0.25, -0.2) is 0 Å². The third kappa shape index (κ3) is 2.34. The summed E-state index contributed by atoms with van der Waals surface area (Å²) in [5.41, 5.74) is 0.978. The molecule has 0 bridgehead atoms. The Morgan fingerprint density at radius 2 is 2.24 bits per heavy atom. The standard InChI is InChI=1S/C12H16N2O3/c1-8(15)7-17-9-4-5-11-10(6-9)12(16-3)13-14(11)2/h4-6,8,15H,7H2,1-3H3/t8-/m1/s1. The van der Waals surface area contributed by atoms with Gasteiger partial charge in [0.25, 0.3) is 0 Å². The van der Waals surface area contributed by atoms with Gasteiger partial charge in [0.1, 0.15) is 12.4 Å². The zero-order valence-corrected chi connectivity index (χ0v) is 10.2. The third-order valence-corrected chi connectivity index (χ3v) is 2.47. The molecule has 92 valence electrons. The van der Waals surface area contributed by atoms with Gasteiger partial charge in [-0.3, -0.25) is 4.68 Å². The molecule has 5 nitrogen and oxygen atoms in total. The zero-order chi connectivity index (χ0) is 12.4. The van der Waals surface area contributed by atoms with Crippen molar-refractivity contribution in [2.45, 2.75) is 13.0 Å². The van der Waals surface area contributed by atoms with Crippen molar-refractivity contribution in [2.24, 2.45) is 7.05 Å². The second-order valence-corrected chi connectivity index (χ2v) is 3.97. The van der Waals surface area contributed by atoms with Gasteiger partial charge in [0.15, 0.2) is 0 Å². The average Bonchev–Trinajstić information content (AvgIpc) is 2.63. The Morgan fingerprint density at radius 3 is 2.88 bits per heavy atom. The highest BCUT2D eigenvalue weighted by atomic mass is 16.5. The molecule has 0 spiro atoms. The molecule has 0 unspecified atom stereocenters. The van der Waals surface area contributed by atoms with Crippen LogP contribution < -0.4 is 9.47 Å². The lowest BCUT2D eigenvalue weighted by molar-refractivity contribution is 0.123. The fourth-order valence-corrected chi connectivity index (χ4v) is 1.67. The molecule has 5 heteroatoms. The normalized spacial score (nSPS) is 12.7. The number of aryl methyl sites for hydroxylation is 1. The number of aliphatic hydroxyl groups is 1. The van der Waals surface area contributed by atoms with E-state index in [9.17, 15) is 0 Å². The van der Waals surface area contributed by atoms with Crippen LogP contribution in [0.3, 0.4) is 0 Å². The molecule has 1 N–H and O–H groups in total. The molecule has 2 aromatic rings. The molecule has 1 heterocycles. The smallest absolute Gasteiger partial charge is 0.240 e. The van der Waals surface area contributed by atoms with E-state index in [-0.39, 0.29) is 6.61 Å². The van der Waals surface area contributed by atoms with Gasteiger partial charge in [0.05, 0.1) is 24.1 Å². The summed E-state index contributed by atoms with van der Waals surface area (Å²) < 4.78 is 12.4. The number of methoxy groups -OCH3 is 1. The molecule has 0 saturated heterocycles.